The molecule has 1 aromatic carbocycles. The van der Waals surface area contributed by atoms with E-state index in [0.717, 1.165) is 0 Å². The summed E-state index contributed by atoms with van der Waals surface area (Å²) in [7, 11) is 1.72. The zero-order chi connectivity index (χ0) is 14.0. The first-order valence-electron chi connectivity index (χ1n) is 5.28. The summed E-state index contributed by atoms with van der Waals surface area (Å²) in [5, 5.41) is 16.6. The number of nitrogens with zero attached hydrogens (tertiary/aromatic N) is 3. The third-order valence-electron chi connectivity index (χ3n) is 2.32. The van der Waals surface area contributed by atoms with Gasteiger partial charge in [0.15, 0.2) is 5.82 Å². The Morgan fingerprint density at radius 1 is 1.47 bits per heavy atom. The molecule has 2 rings (SSSR count). The summed E-state index contributed by atoms with van der Waals surface area (Å²) >= 11 is 11.6. The number of benzene rings is 1. The maximum Gasteiger partial charge on any atom is 0.256 e. The van der Waals surface area contributed by atoms with Crippen molar-refractivity contribution in [2.45, 2.75) is 6.54 Å². The third kappa shape index (κ3) is 3.15. The van der Waals surface area contributed by atoms with Crippen LogP contribution in [0.25, 0.3) is 0 Å². The molecule has 8 heteroatoms. The Morgan fingerprint density at radius 2 is 2.21 bits per heavy atom. The molecule has 0 saturated heterocycles. The van der Waals surface area contributed by atoms with E-state index >= 15 is 0 Å². The molecule has 2 N–H and O–H groups in total. The highest BCUT2D eigenvalue weighted by atomic mass is 35.5. The lowest BCUT2D eigenvalue weighted by molar-refractivity contribution is 0.0947. The second-order valence-corrected chi connectivity index (χ2v) is 4.64. The minimum atomic E-state index is -0.522. The van der Waals surface area contributed by atoms with Crippen molar-refractivity contribution >= 4 is 29.1 Å². The Hall–Kier alpha value is -1.79. The number of amides is 1. The molecule has 0 radical (unpaired) electrons. The van der Waals surface area contributed by atoms with Gasteiger partial charge in [-0.3, -0.25) is 9.48 Å². The molecule has 0 bridgehead atoms. The van der Waals surface area contributed by atoms with Crippen LogP contribution >= 0.6 is 23.2 Å². The van der Waals surface area contributed by atoms with Gasteiger partial charge in [-0.25, -0.2) is 4.98 Å². The molecule has 0 aliphatic carbocycles. The molecule has 1 heterocycles. The molecule has 1 amide bonds. The number of aromatic hydroxyl groups is 1. The standard InChI is InChI=1S/C11H10Cl2N4O2/c1-17-5-15-9(16-17)4-14-11(19)10-7(13)2-6(12)3-8(10)18/h2-3,5,18H,4H2,1H3,(H,14,19). The maximum atomic E-state index is 11.9. The van der Waals surface area contributed by atoms with E-state index in [4.69, 9.17) is 23.2 Å². The minimum Gasteiger partial charge on any atom is -0.507 e. The molecular weight excluding hydrogens is 291 g/mol. The van der Waals surface area contributed by atoms with Gasteiger partial charge in [-0.1, -0.05) is 23.2 Å². The van der Waals surface area contributed by atoms with Crippen molar-refractivity contribution in [3.8, 4) is 5.75 Å². The molecule has 1 aromatic heterocycles. The van der Waals surface area contributed by atoms with Crippen molar-refractivity contribution < 1.29 is 9.90 Å². The van der Waals surface area contributed by atoms with E-state index in [2.05, 4.69) is 15.4 Å². The highest BCUT2D eigenvalue weighted by molar-refractivity contribution is 6.37. The summed E-state index contributed by atoms with van der Waals surface area (Å²) in [5.41, 5.74) is -0.0259. The first kappa shape index (κ1) is 13.6. The molecule has 2 aromatic rings. The predicted molar refractivity (Wildman–Crippen MR) is 70.3 cm³/mol. The molecule has 0 unspecified atom stereocenters. The lowest BCUT2D eigenvalue weighted by Crippen LogP contribution is -2.24. The van der Waals surface area contributed by atoms with Gasteiger partial charge in [0.1, 0.15) is 12.1 Å². The van der Waals surface area contributed by atoms with Crippen LogP contribution in [0.1, 0.15) is 16.2 Å². The van der Waals surface area contributed by atoms with Crippen LogP contribution in [0, 0.1) is 0 Å². The monoisotopic (exact) mass is 300 g/mol. The van der Waals surface area contributed by atoms with Gasteiger partial charge in [-0.05, 0) is 12.1 Å². The van der Waals surface area contributed by atoms with E-state index in [1.54, 1.807) is 7.05 Å². The molecular formula is C11H10Cl2N4O2. The number of halogens is 2. The van der Waals surface area contributed by atoms with Gasteiger partial charge >= 0.3 is 0 Å². The van der Waals surface area contributed by atoms with Gasteiger partial charge in [-0.2, -0.15) is 5.10 Å². The average Bonchev–Trinajstić information content (AvgIpc) is 2.71. The fraction of sp³-hybridized carbons (Fsp3) is 0.182. The van der Waals surface area contributed by atoms with E-state index in [1.807, 2.05) is 0 Å². The number of hydrogen-bond acceptors (Lipinski definition) is 4. The molecule has 19 heavy (non-hydrogen) atoms. The summed E-state index contributed by atoms with van der Waals surface area (Å²) in [5.74, 6) is -0.337. The summed E-state index contributed by atoms with van der Waals surface area (Å²) in [6.45, 7) is 0.137. The Kier molecular flexibility index (Phi) is 3.92. The Labute approximate surface area is 119 Å². The average molecular weight is 301 g/mol. The highest BCUT2D eigenvalue weighted by Gasteiger charge is 2.16. The zero-order valence-corrected chi connectivity index (χ0v) is 11.4. The van der Waals surface area contributed by atoms with E-state index in [-0.39, 0.29) is 27.9 Å². The molecule has 100 valence electrons. The lowest BCUT2D eigenvalue weighted by Gasteiger charge is -2.07. The summed E-state index contributed by atoms with van der Waals surface area (Å²) in [6.07, 6.45) is 1.52. The maximum absolute atomic E-state index is 11.9. The Morgan fingerprint density at radius 3 is 2.79 bits per heavy atom. The second-order valence-electron chi connectivity index (χ2n) is 3.80. The smallest absolute Gasteiger partial charge is 0.256 e. The van der Waals surface area contributed by atoms with Crippen molar-refractivity contribution in [2.24, 2.45) is 7.05 Å². The van der Waals surface area contributed by atoms with Crippen LogP contribution in [0.5, 0.6) is 5.75 Å². The van der Waals surface area contributed by atoms with Crippen LogP contribution in [0.2, 0.25) is 10.0 Å². The minimum absolute atomic E-state index is 0.0259. The number of aryl methyl sites for hydroxylation is 1. The van der Waals surface area contributed by atoms with Crippen LogP contribution in [-0.4, -0.2) is 25.8 Å². The summed E-state index contributed by atoms with van der Waals surface area (Å²) < 4.78 is 1.52. The molecule has 0 aliphatic rings. The van der Waals surface area contributed by atoms with Crippen molar-refractivity contribution in [3.05, 3.63) is 39.9 Å². The van der Waals surface area contributed by atoms with Crippen LogP contribution < -0.4 is 5.32 Å². The SMILES string of the molecule is Cn1cnc(CNC(=O)c2c(O)cc(Cl)cc2Cl)n1. The third-order valence-corrected chi connectivity index (χ3v) is 2.83. The zero-order valence-electron chi connectivity index (χ0n) is 9.89. The second kappa shape index (κ2) is 5.46. The van der Waals surface area contributed by atoms with E-state index < -0.39 is 5.91 Å². The van der Waals surface area contributed by atoms with Crippen molar-refractivity contribution in [2.75, 3.05) is 0 Å². The fourth-order valence-electron chi connectivity index (χ4n) is 1.50. The van der Waals surface area contributed by atoms with Gasteiger partial charge < -0.3 is 10.4 Å². The largest absolute Gasteiger partial charge is 0.507 e. The molecule has 6 nitrogen and oxygen atoms in total. The number of carbonyl (C=O) groups is 1. The van der Waals surface area contributed by atoms with Crippen LogP contribution in [-0.2, 0) is 13.6 Å². The number of carbonyl (C=O) groups excluding carboxylic acids is 1. The summed E-state index contributed by atoms with van der Waals surface area (Å²) in [6, 6.07) is 2.64. The summed E-state index contributed by atoms with van der Waals surface area (Å²) in [4.78, 5) is 15.9. The molecule has 0 fully saturated rings. The number of rotatable bonds is 3. The molecule has 0 atom stereocenters. The van der Waals surface area contributed by atoms with Crippen LogP contribution in [0.4, 0.5) is 0 Å². The Bertz CT molecular complexity index is 604. The van der Waals surface area contributed by atoms with E-state index in [1.165, 1.54) is 23.1 Å². The number of hydrogen-bond donors (Lipinski definition) is 2. The highest BCUT2D eigenvalue weighted by Crippen LogP contribution is 2.29. The topological polar surface area (TPSA) is 80.0 Å². The van der Waals surface area contributed by atoms with Gasteiger partial charge in [0.2, 0.25) is 0 Å². The number of phenols is 1. The van der Waals surface area contributed by atoms with Gasteiger partial charge in [0.25, 0.3) is 5.91 Å². The van der Waals surface area contributed by atoms with E-state index in [0.29, 0.717) is 5.82 Å². The predicted octanol–water partition coefficient (Wildman–Crippen LogP) is 1.76. The van der Waals surface area contributed by atoms with Crippen LogP contribution in [0.15, 0.2) is 18.5 Å². The molecule has 0 aliphatic heterocycles. The van der Waals surface area contributed by atoms with Crippen molar-refractivity contribution in [1.29, 1.82) is 0 Å². The van der Waals surface area contributed by atoms with Crippen molar-refractivity contribution in [3.63, 3.8) is 0 Å². The van der Waals surface area contributed by atoms with Gasteiger partial charge in [0.05, 0.1) is 17.1 Å². The van der Waals surface area contributed by atoms with Crippen LogP contribution in [0.3, 0.4) is 0 Å². The molecule has 0 spiro atoms. The Balaban J connectivity index is 2.12. The fourth-order valence-corrected chi connectivity index (χ4v) is 2.07. The molecule has 0 saturated carbocycles. The number of nitrogens with one attached hydrogen (secondary N) is 1. The number of aromatic nitrogens is 3. The number of phenolic OH excluding ortho intramolecular Hbond substituents is 1. The van der Waals surface area contributed by atoms with Gasteiger partial charge in [-0.15, -0.1) is 0 Å². The lowest BCUT2D eigenvalue weighted by atomic mass is 10.2. The van der Waals surface area contributed by atoms with Gasteiger partial charge in [0, 0.05) is 12.1 Å². The first-order chi connectivity index (χ1) is 8.97. The normalized spacial score (nSPS) is 10.5. The van der Waals surface area contributed by atoms with Crippen molar-refractivity contribution in [1.82, 2.24) is 20.1 Å². The van der Waals surface area contributed by atoms with E-state index in [9.17, 15) is 9.90 Å². The quantitative estimate of drug-likeness (QED) is 0.905. The first-order valence-corrected chi connectivity index (χ1v) is 6.03.